The highest BCUT2D eigenvalue weighted by Gasteiger charge is 2.03. The fourth-order valence-electron chi connectivity index (χ4n) is 2.54. The minimum absolute atomic E-state index is 0.0400. The molecule has 0 saturated heterocycles. The van der Waals surface area contributed by atoms with Gasteiger partial charge >= 0.3 is 0 Å². The van der Waals surface area contributed by atoms with Crippen molar-refractivity contribution in [3.8, 4) is 0 Å². The number of aliphatic hydroxyl groups is 1. The first-order valence-electron chi connectivity index (χ1n) is 11.6. The lowest BCUT2D eigenvalue weighted by Gasteiger charge is -2.16. The number of rotatable bonds is 13. The van der Waals surface area contributed by atoms with Crippen molar-refractivity contribution in [2.45, 2.75) is 45.6 Å². The van der Waals surface area contributed by atoms with Crippen molar-refractivity contribution in [3.05, 3.63) is 30.1 Å². The Morgan fingerprint density at radius 1 is 1.24 bits per heavy atom. The molecule has 1 aromatic carbocycles. The van der Waals surface area contributed by atoms with Crippen molar-refractivity contribution in [1.29, 1.82) is 0 Å². The molecule has 0 fully saturated rings. The van der Waals surface area contributed by atoms with E-state index in [0.29, 0.717) is 25.9 Å². The Morgan fingerprint density at radius 3 is 2.48 bits per heavy atom. The van der Waals surface area contributed by atoms with Crippen LogP contribution >= 0.6 is 0 Å². The summed E-state index contributed by atoms with van der Waals surface area (Å²) >= 11 is 0. The van der Waals surface area contributed by atoms with Crippen LogP contribution in [0.15, 0.2) is 24.3 Å². The predicted molar refractivity (Wildman–Crippen MR) is 136 cm³/mol. The summed E-state index contributed by atoms with van der Waals surface area (Å²) in [5, 5.41) is 15.0. The zero-order valence-electron chi connectivity index (χ0n) is 21.6. The lowest BCUT2D eigenvalue weighted by Crippen LogP contribution is -2.28. The third-order valence-electron chi connectivity index (χ3n) is 4.88. The molecule has 0 aliphatic rings. The van der Waals surface area contributed by atoms with Gasteiger partial charge in [0.1, 0.15) is 18.3 Å². The Bertz CT molecular complexity index is 692. The maximum Gasteiger partial charge on any atom is 0.121 e. The maximum atomic E-state index is 9.78. The molecule has 4 N–H and O–H groups in total. The summed E-state index contributed by atoms with van der Waals surface area (Å²) < 4.78 is 5.09. The summed E-state index contributed by atoms with van der Waals surface area (Å²) in [4.78, 5) is 22.0. The number of aliphatic hydroxyl groups excluding tert-OH is 1. The topological polar surface area (TPSA) is 106 Å². The van der Waals surface area contributed by atoms with Crippen molar-refractivity contribution < 1.29 is 14.6 Å². The van der Waals surface area contributed by atoms with Gasteiger partial charge in [0.25, 0.3) is 0 Å². The van der Waals surface area contributed by atoms with Crippen molar-refractivity contribution in [2.24, 2.45) is 0 Å². The molecule has 9 heteroatoms. The highest BCUT2D eigenvalue weighted by atomic mass is 16.5. The molecule has 0 radical (unpaired) electrons. The number of likely N-dealkylation sites (N-methyl/N-ethyl adjacent to an activating group) is 3. The average Bonchev–Trinajstić information content (AvgIpc) is 3.23. The number of carbonyl (C=O) groups excluding carboxylic acids is 1. The van der Waals surface area contributed by atoms with Crippen molar-refractivity contribution in [2.75, 3.05) is 61.5 Å². The number of nitrogens with zero attached hydrogens (tertiary/aromatic N) is 3. The number of fused-ring (bicyclic) bond motifs is 1. The van der Waals surface area contributed by atoms with Crippen LogP contribution in [0.5, 0.6) is 0 Å². The van der Waals surface area contributed by atoms with Crippen LogP contribution in [-0.2, 0) is 16.1 Å². The summed E-state index contributed by atoms with van der Waals surface area (Å²) in [6.07, 6.45) is 1.49. The number of para-hydroxylation sites is 2. The molecular formula is C24H46N6O3. The molecule has 0 amide bonds. The third kappa shape index (κ3) is 16.4. The van der Waals surface area contributed by atoms with E-state index in [9.17, 15) is 4.79 Å². The predicted octanol–water partition coefficient (Wildman–Crippen LogP) is 1.69. The van der Waals surface area contributed by atoms with Gasteiger partial charge in [-0.25, -0.2) is 4.98 Å². The summed E-state index contributed by atoms with van der Waals surface area (Å²) in [6.45, 7) is 8.86. The van der Waals surface area contributed by atoms with E-state index in [0.717, 1.165) is 36.2 Å². The van der Waals surface area contributed by atoms with Crippen molar-refractivity contribution >= 4 is 17.3 Å². The van der Waals surface area contributed by atoms with Crippen LogP contribution in [0, 0.1) is 0 Å². The standard InChI is InChI=1S/C11H15N3O.C7H18N2.C6H13NO2/c1-8(15-2)12-7-11-13-9-5-3-4-6-10(9)14-11;1-5-9(4)7-6-8(2)3;1-7-5-6(9)3-2-4-8/h3-6,8,12H,7H2,1-2H3,(H,13,14);5-7H2,1-4H3;4,6-7,9H,2-3,5H2,1H3. The molecule has 0 spiro atoms. The minimum Gasteiger partial charge on any atom is -0.392 e. The molecule has 1 aromatic heterocycles. The number of ether oxygens (including phenoxy) is 1. The van der Waals surface area contributed by atoms with Crippen molar-refractivity contribution in [1.82, 2.24) is 30.4 Å². The Labute approximate surface area is 199 Å². The first-order chi connectivity index (χ1) is 15.8. The van der Waals surface area contributed by atoms with Gasteiger partial charge in [-0.05, 0) is 60.2 Å². The van der Waals surface area contributed by atoms with Crippen LogP contribution in [-0.4, -0.2) is 105 Å². The molecule has 0 saturated carbocycles. The van der Waals surface area contributed by atoms with E-state index in [1.54, 1.807) is 14.2 Å². The molecule has 0 aliphatic carbocycles. The Kier molecular flexibility index (Phi) is 18.5. The second kappa shape index (κ2) is 19.6. The number of hydrogen-bond acceptors (Lipinski definition) is 8. The van der Waals surface area contributed by atoms with E-state index >= 15 is 0 Å². The zero-order valence-corrected chi connectivity index (χ0v) is 21.6. The number of H-pyrrole nitrogens is 1. The molecule has 190 valence electrons. The Hall–Kier alpha value is -1.88. The van der Waals surface area contributed by atoms with Crippen LogP contribution in [0.3, 0.4) is 0 Å². The van der Waals surface area contributed by atoms with Gasteiger partial charge in [0.2, 0.25) is 0 Å². The maximum absolute atomic E-state index is 9.78. The summed E-state index contributed by atoms with van der Waals surface area (Å²) in [7, 11) is 9.79. The molecule has 2 unspecified atom stereocenters. The summed E-state index contributed by atoms with van der Waals surface area (Å²) in [5.41, 5.74) is 2.07. The van der Waals surface area contributed by atoms with Crippen LogP contribution in [0.4, 0.5) is 0 Å². The lowest BCUT2D eigenvalue weighted by molar-refractivity contribution is -0.108. The molecule has 33 heavy (non-hydrogen) atoms. The monoisotopic (exact) mass is 466 g/mol. The van der Waals surface area contributed by atoms with E-state index in [4.69, 9.17) is 9.84 Å². The number of aromatic nitrogens is 2. The van der Waals surface area contributed by atoms with Gasteiger partial charge in [-0.15, -0.1) is 0 Å². The second-order valence-corrected chi connectivity index (χ2v) is 8.11. The summed E-state index contributed by atoms with van der Waals surface area (Å²) in [6, 6.07) is 7.99. The number of aldehydes is 1. The number of nitrogens with one attached hydrogen (secondary N) is 3. The van der Waals surface area contributed by atoms with Crippen LogP contribution in [0.1, 0.15) is 32.5 Å². The second-order valence-electron chi connectivity index (χ2n) is 8.11. The molecule has 2 atom stereocenters. The van der Waals surface area contributed by atoms with E-state index in [1.165, 1.54) is 6.54 Å². The van der Waals surface area contributed by atoms with Gasteiger partial charge in [-0.1, -0.05) is 19.1 Å². The molecule has 2 aromatic rings. The number of aromatic amines is 1. The first kappa shape index (κ1) is 31.1. The number of benzene rings is 1. The van der Waals surface area contributed by atoms with Crippen molar-refractivity contribution in [3.63, 3.8) is 0 Å². The molecule has 0 aliphatic heterocycles. The highest BCUT2D eigenvalue weighted by molar-refractivity contribution is 5.74. The number of hydrogen-bond donors (Lipinski definition) is 4. The minimum atomic E-state index is -0.375. The van der Waals surface area contributed by atoms with Gasteiger partial charge in [-0.2, -0.15) is 0 Å². The summed E-state index contributed by atoms with van der Waals surface area (Å²) in [5.74, 6) is 0.931. The van der Waals surface area contributed by atoms with Gasteiger partial charge in [0.05, 0.1) is 23.7 Å². The van der Waals surface area contributed by atoms with Gasteiger partial charge in [0, 0.05) is 33.2 Å². The highest BCUT2D eigenvalue weighted by Crippen LogP contribution is 2.09. The first-order valence-corrected chi connectivity index (χ1v) is 11.6. The molecular weight excluding hydrogens is 420 g/mol. The SMILES string of the molecule is CCN(C)CCN(C)C.CNCC(O)CCC=O.COC(C)NCc1nc2ccccc2[nH]1. The lowest BCUT2D eigenvalue weighted by atomic mass is 10.2. The zero-order chi connectivity index (χ0) is 25.1. The Balaban J connectivity index is 0.000000498. The van der Waals surface area contributed by atoms with Gasteiger partial charge < -0.3 is 34.7 Å². The smallest absolute Gasteiger partial charge is 0.121 e. The average molecular weight is 467 g/mol. The normalized spacial score (nSPS) is 12.7. The molecule has 9 nitrogen and oxygen atoms in total. The number of methoxy groups -OCH3 is 1. The quantitative estimate of drug-likeness (QED) is 0.261. The Morgan fingerprint density at radius 2 is 1.94 bits per heavy atom. The third-order valence-corrected chi connectivity index (χ3v) is 4.88. The van der Waals surface area contributed by atoms with E-state index in [-0.39, 0.29) is 12.3 Å². The molecule has 0 bridgehead atoms. The van der Waals surface area contributed by atoms with Gasteiger partial charge in [0.15, 0.2) is 0 Å². The van der Waals surface area contributed by atoms with Gasteiger partial charge in [-0.3, -0.25) is 5.32 Å². The van der Waals surface area contributed by atoms with E-state index < -0.39 is 0 Å². The molecule has 1 heterocycles. The largest absolute Gasteiger partial charge is 0.392 e. The fraction of sp³-hybridized carbons (Fsp3) is 0.667. The van der Waals surface area contributed by atoms with Crippen LogP contribution in [0.25, 0.3) is 11.0 Å². The van der Waals surface area contributed by atoms with E-state index in [1.807, 2.05) is 31.2 Å². The number of carbonyl (C=O) groups is 1. The van der Waals surface area contributed by atoms with Crippen LogP contribution in [0.2, 0.25) is 0 Å². The van der Waals surface area contributed by atoms with E-state index in [2.05, 4.69) is 58.5 Å². The fourth-order valence-corrected chi connectivity index (χ4v) is 2.54. The van der Waals surface area contributed by atoms with Crippen LogP contribution < -0.4 is 10.6 Å². The number of imidazole rings is 1. The molecule has 2 rings (SSSR count).